The van der Waals surface area contributed by atoms with Crippen LogP contribution in [0.4, 0.5) is 4.79 Å². The minimum absolute atomic E-state index is 0.0488. The van der Waals surface area contributed by atoms with Gasteiger partial charge < -0.3 is 20.0 Å². The molecule has 0 unspecified atom stereocenters. The average Bonchev–Trinajstić information content (AvgIpc) is 2.80. The normalized spacial score (nSPS) is 11.9. The van der Waals surface area contributed by atoms with Gasteiger partial charge in [-0.3, -0.25) is 14.9 Å². The maximum atomic E-state index is 11.8. The van der Waals surface area contributed by atoms with Gasteiger partial charge in [0, 0.05) is 17.0 Å². The quantitative estimate of drug-likeness (QED) is 0.716. The van der Waals surface area contributed by atoms with E-state index in [1.807, 2.05) is 5.32 Å². The molecule has 0 aliphatic heterocycles. The molecule has 2 rings (SSSR count). The Bertz CT molecular complexity index is 736. The zero-order valence-electron chi connectivity index (χ0n) is 11.7. The van der Waals surface area contributed by atoms with Gasteiger partial charge in [-0.25, -0.2) is 4.79 Å². The van der Waals surface area contributed by atoms with E-state index in [2.05, 4.69) is 0 Å². The van der Waals surface area contributed by atoms with E-state index in [0.29, 0.717) is 16.5 Å². The number of imide groups is 1. The predicted molar refractivity (Wildman–Crippen MR) is 74.9 cm³/mol. The monoisotopic (exact) mass is 306 g/mol. The van der Waals surface area contributed by atoms with Gasteiger partial charge in [0.2, 0.25) is 0 Å². The zero-order valence-corrected chi connectivity index (χ0v) is 11.7. The minimum atomic E-state index is -1.15. The van der Waals surface area contributed by atoms with Gasteiger partial charge in [0.25, 0.3) is 5.91 Å². The van der Waals surface area contributed by atoms with Gasteiger partial charge in [-0.15, -0.1) is 0 Å². The van der Waals surface area contributed by atoms with Crippen LogP contribution in [0.5, 0.6) is 5.75 Å². The number of hydrogen-bond donors (Lipinski definition) is 3. The molecule has 8 heteroatoms. The van der Waals surface area contributed by atoms with Gasteiger partial charge in [-0.1, -0.05) is 0 Å². The Morgan fingerprint density at radius 3 is 2.82 bits per heavy atom. The molecule has 2 aromatic rings. The third kappa shape index (κ3) is 3.54. The van der Waals surface area contributed by atoms with Crippen molar-refractivity contribution >= 4 is 28.9 Å². The number of nitrogens with two attached hydrogens (primary N) is 1. The molecule has 0 aliphatic carbocycles. The average molecular weight is 306 g/mol. The van der Waals surface area contributed by atoms with E-state index in [4.69, 9.17) is 14.9 Å². The number of carbonyl (C=O) groups is 3. The number of fused-ring (bicyclic) bond motifs is 1. The van der Waals surface area contributed by atoms with E-state index in [0.717, 1.165) is 0 Å². The molecule has 1 atom stereocenters. The fourth-order valence-electron chi connectivity index (χ4n) is 1.88. The fraction of sp³-hybridized carbons (Fsp3) is 0.214. The van der Waals surface area contributed by atoms with Crippen molar-refractivity contribution in [2.24, 2.45) is 5.73 Å². The summed E-state index contributed by atoms with van der Waals surface area (Å²) in [6, 6.07) is 3.48. The molecule has 0 aliphatic rings. The number of rotatable bonds is 4. The summed E-state index contributed by atoms with van der Waals surface area (Å²) in [7, 11) is 0. The molecule has 1 aromatic heterocycles. The lowest BCUT2D eigenvalue weighted by atomic mass is 10.1. The van der Waals surface area contributed by atoms with Crippen LogP contribution < -0.4 is 11.1 Å². The largest absolute Gasteiger partial charge is 0.508 e. The molecule has 0 fully saturated rings. The van der Waals surface area contributed by atoms with Crippen LogP contribution in [-0.4, -0.2) is 29.1 Å². The topological polar surface area (TPSA) is 132 Å². The number of phenols is 1. The first-order valence-corrected chi connectivity index (χ1v) is 6.35. The number of furan rings is 1. The van der Waals surface area contributed by atoms with Crippen LogP contribution >= 0.6 is 0 Å². The Balaban J connectivity index is 2.02. The summed E-state index contributed by atoms with van der Waals surface area (Å²) < 4.78 is 10.1. The molecular weight excluding hydrogens is 292 g/mol. The lowest BCUT2D eigenvalue weighted by Gasteiger charge is -2.11. The van der Waals surface area contributed by atoms with E-state index in [1.165, 1.54) is 25.3 Å². The molecule has 3 amide bonds. The smallest absolute Gasteiger partial charge is 0.318 e. The third-order valence-corrected chi connectivity index (χ3v) is 2.90. The van der Waals surface area contributed by atoms with Crippen LogP contribution in [0, 0.1) is 0 Å². The van der Waals surface area contributed by atoms with E-state index in [9.17, 15) is 19.5 Å². The highest BCUT2D eigenvalue weighted by Gasteiger charge is 2.20. The first-order chi connectivity index (χ1) is 10.4. The summed E-state index contributed by atoms with van der Waals surface area (Å²) in [5.41, 5.74) is 5.79. The Kier molecular flexibility index (Phi) is 4.31. The first-order valence-electron chi connectivity index (χ1n) is 6.35. The number of phenolic OH excluding ortho intramolecular Hbond substituents is 1. The highest BCUT2D eigenvalue weighted by molar-refractivity contribution is 5.96. The minimum Gasteiger partial charge on any atom is -0.508 e. The number of amides is 3. The van der Waals surface area contributed by atoms with E-state index in [-0.39, 0.29) is 12.2 Å². The van der Waals surface area contributed by atoms with Gasteiger partial charge in [-0.2, -0.15) is 0 Å². The molecule has 116 valence electrons. The predicted octanol–water partition coefficient (Wildman–Crippen LogP) is 0.808. The number of ether oxygens (including phenoxy) is 1. The zero-order chi connectivity index (χ0) is 16.3. The second-order valence-electron chi connectivity index (χ2n) is 4.60. The Hall–Kier alpha value is -3.03. The second-order valence-corrected chi connectivity index (χ2v) is 4.60. The van der Waals surface area contributed by atoms with Crippen molar-refractivity contribution in [2.75, 3.05) is 0 Å². The van der Waals surface area contributed by atoms with Crippen molar-refractivity contribution in [3.8, 4) is 5.75 Å². The van der Waals surface area contributed by atoms with Crippen molar-refractivity contribution in [3.63, 3.8) is 0 Å². The molecule has 0 saturated heterocycles. The number of hydrogen-bond acceptors (Lipinski definition) is 6. The van der Waals surface area contributed by atoms with Gasteiger partial charge in [0.1, 0.15) is 11.3 Å². The van der Waals surface area contributed by atoms with E-state index in [1.54, 1.807) is 6.07 Å². The number of carbonyl (C=O) groups excluding carboxylic acids is 3. The van der Waals surface area contributed by atoms with Crippen molar-refractivity contribution < 1.29 is 28.6 Å². The van der Waals surface area contributed by atoms with Gasteiger partial charge >= 0.3 is 12.0 Å². The summed E-state index contributed by atoms with van der Waals surface area (Å²) in [5, 5.41) is 11.8. The second kappa shape index (κ2) is 6.17. The van der Waals surface area contributed by atoms with Gasteiger partial charge in [0.15, 0.2) is 6.10 Å². The SMILES string of the molecule is C[C@@H](OC(=O)Cc1coc2cc(O)ccc12)C(=O)NC(N)=O. The number of benzene rings is 1. The van der Waals surface area contributed by atoms with Crippen molar-refractivity contribution in [2.45, 2.75) is 19.4 Å². The fourth-order valence-corrected chi connectivity index (χ4v) is 1.88. The Morgan fingerprint density at radius 2 is 2.14 bits per heavy atom. The third-order valence-electron chi connectivity index (χ3n) is 2.90. The van der Waals surface area contributed by atoms with Crippen LogP contribution in [0.2, 0.25) is 0 Å². The first kappa shape index (κ1) is 15.4. The molecule has 22 heavy (non-hydrogen) atoms. The molecule has 0 bridgehead atoms. The Morgan fingerprint density at radius 1 is 1.41 bits per heavy atom. The van der Waals surface area contributed by atoms with E-state index >= 15 is 0 Å². The molecular formula is C14H14N2O6. The number of primary amides is 1. The van der Waals surface area contributed by atoms with Gasteiger partial charge in [0.05, 0.1) is 12.7 Å². The number of esters is 1. The molecule has 0 spiro atoms. The number of urea groups is 1. The summed E-state index contributed by atoms with van der Waals surface area (Å²) in [4.78, 5) is 33.8. The van der Waals surface area contributed by atoms with Crippen LogP contribution in [-0.2, 0) is 20.7 Å². The van der Waals surface area contributed by atoms with Crippen LogP contribution in [0.15, 0.2) is 28.9 Å². The van der Waals surface area contributed by atoms with Gasteiger partial charge in [-0.05, 0) is 19.1 Å². The molecule has 8 nitrogen and oxygen atoms in total. The molecule has 1 aromatic carbocycles. The number of aromatic hydroxyl groups is 1. The molecule has 0 saturated carbocycles. The summed E-state index contributed by atoms with van der Waals surface area (Å²) in [6.07, 6.45) is 0.105. The van der Waals surface area contributed by atoms with Crippen molar-refractivity contribution in [3.05, 3.63) is 30.0 Å². The lowest BCUT2D eigenvalue weighted by Crippen LogP contribution is -2.42. The Labute approximate surface area is 124 Å². The summed E-state index contributed by atoms with van der Waals surface area (Å²) in [5.74, 6) is -1.42. The standard InChI is InChI=1S/C14H14N2O6/c1-7(13(19)16-14(15)20)22-12(18)4-8-6-21-11-5-9(17)2-3-10(8)11/h2-3,5-7,17H,4H2,1H3,(H3,15,16,19,20)/t7-/m1/s1. The summed E-state index contributed by atoms with van der Waals surface area (Å²) >= 11 is 0. The summed E-state index contributed by atoms with van der Waals surface area (Å²) in [6.45, 7) is 1.32. The number of nitrogens with one attached hydrogen (secondary N) is 1. The van der Waals surface area contributed by atoms with Crippen LogP contribution in [0.1, 0.15) is 12.5 Å². The molecule has 4 N–H and O–H groups in total. The maximum absolute atomic E-state index is 11.8. The maximum Gasteiger partial charge on any atom is 0.318 e. The van der Waals surface area contributed by atoms with E-state index < -0.39 is 24.0 Å². The lowest BCUT2D eigenvalue weighted by molar-refractivity contribution is -0.153. The van der Waals surface area contributed by atoms with Crippen LogP contribution in [0.3, 0.4) is 0 Å². The van der Waals surface area contributed by atoms with Crippen molar-refractivity contribution in [1.29, 1.82) is 0 Å². The molecule has 1 heterocycles. The highest BCUT2D eigenvalue weighted by atomic mass is 16.5. The highest BCUT2D eigenvalue weighted by Crippen LogP contribution is 2.25. The molecule has 0 radical (unpaired) electrons. The van der Waals surface area contributed by atoms with Crippen molar-refractivity contribution in [1.82, 2.24) is 5.32 Å². The van der Waals surface area contributed by atoms with Crippen LogP contribution in [0.25, 0.3) is 11.0 Å².